The molecule has 1 unspecified atom stereocenters. The maximum atomic E-state index is 13.4. The molecule has 0 aliphatic rings. The number of aromatic carboxylic acids is 1. The van der Waals surface area contributed by atoms with E-state index in [9.17, 15) is 9.18 Å². The second-order valence-corrected chi connectivity index (χ2v) is 3.81. The lowest BCUT2D eigenvalue weighted by Crippen LogP contribution is -2.18. The third-order valence-corrected chi connectivity index (χ3v) is 2.32. The van der Waals surface area contributed by atoms with E-state index in [0.29, 0.717) is 0 Å². The smallest absolute Gasteiger partial charge is 0.335 e. The zero-order chi connectivity index (χ0) is 11.6. The first-order valence-electron chi connectivity index (χ1n) is 4.71. The molecular formula is C11H14FNO2. The summed E-state index contributed by atoms with van der Waals surface area (Å²) in [5.41, 5.74) is 6.09. The topological polar surface area (TPSA) is 63.3 Å². The quantitative estimate of drug-likeness (QED) is 0.805. The molecule has 0 bridgehead atoms. The Labute approximate surface area is 87.7 Å². The third-order valence-electron chi connectivity index (χ3n) is 2.32. The van der Waals surface area contributed by atoms with Crippen LogP contribution in [0.3, 0.4) is 0 Å². The number of benzene rings is 1. The fraction of sp³-hybridized carbons (Fsp3) is 0.364. The second kappa shape index (κ2) is 4.40. The van der Waals surface area contributed by atoms with E-state index in [1.807, 2.05) is 13.8 Å². The van der Waals surface area contributed by atoms with Gasteiger partial charge < -0.3 is 10.8 Å². The van der Waals surface area contributed by atoms with E-state index in [-0.39, 0.29) is 17.0 Å². The Morgan fingerprint density at radius 1 is 1.47 bits per heavy atom. The molecule has 0 aromatic heterocycles. The van der Waals surface area contributed by atoms with Crippen LogP contribution in [0.25, 0.3) is 0 Å². The number of hydrogen-bond acceptors (Lipinski definition) is 2. The predicted molar refractivity (Wildman–Crippen MR) is 55.1 cm³/mol. The number of halogens is 1. The average Bonchev–Trinajstić information content (AvgIpc) is 2.16. The Balaban J connectivity index is 3.16. The molecule has 0 radical (unpaired) electrons. The molecule has 0 spiro atoms. The molecule has 0 aliphatic carbocycles. The number of hydrogen-bond donors (Lipinski definition) is 2. The van der Waals surface area contributed by atoms with Crippen LogP contribution in [0.15, 0.2) is 18.2 Å². The van der Waals surface area contributed by atoms with Crippen LogP contribution in [0.4, 0.5) is 4.39 Å². The summed E-state index contributed by atoms with van der Waals surface area (Å²) in [7, 11) is 0. The first-order valence-corrected chi connectivity index (χ1v) is 4.71. The molecule has 1 atom stereocenters. The van der Waals surface area contributed by atoms with Gasteiger partial charge in [0.15, 0.2) is 0 Å². The molecule has 0 saturated heterocycles. The van der Waals surface area contributed by atoms with Gasteiger partial charge in [0.25, 0.3) is 0 Å². The van der Waals surface area contributed by atoms with Gasteiger partial charge in [0.05, 0.1) is 5.56 Å². The highest BCUT2D eigenvalue weighted by Gasteiger charge is 2.16. The van der Waals surface area contributed by atoms with Crippen molar-refractivity contribution < 1.29 is 14.3 Å². The summed E-state index contributed by atoms with van der Waals surface area (Å²) in [5.74, 6) is -1.48. The van der Waals surface area contributed by atoms with Crippen LogP contribution >= 0.6 is 0 Å². The molecule has 0 heterocycles. The van der Waals surface area contributed by atoms with E-state index in [0.717, 1.165) is 6.07 Å². The Hall–Kier alpha value is -1.42. The number of carbonyl (C=O) groups is 1. The lowest BCUT2D eigenvalue weighted by Gasteiger charge is -2.17. The second-order valence-electron chi connectivity index (χ2n) is 3.81. The zero-order valence-corrected chi connectivity index (χ0v) is 8.70. The zero-order valence-electron chi connectivity index (χ0n) is 8.70. The molecule has 3 nitrogen and oxygen atoms in total. The van der Waals surface area contributed by atoms with E-state index in [1.165, 1.54) is 12.1 Å². The fourth-order valence-corrected chi connectivity index (χ4v) is 1.29. The largest absolute Gasteiger partial charge is 0.478 e. The molecule has 1 aromatic carbocycles. The first-order chi connectivity index (χ1) is 6.93. The van der Waals surface area contributed by atoms with Crippen LogP contribution in [0, 0.1) is 11.7 Å². The van der Waals surface area contributed by atoms with Gasteiger partial charge in [-0.2, -0.15) is 0 Å². The molecule has 1 aromatic rings. The Morgan fingerprint density at radius 2 is 2.07 bits per heavy atom. The van der Waals surface area contributed by atoms with Gasteiger partial charge in [0.2, 0.25) is 0 Å². The summed E-state index contributed by atoms with van der Waals surface area (Å²) in [6, 6.07) is 3.18. The van der Waals surface area contributed by atoms with E-state index >= 15 is 0 Å². The van der Waals surface area contributed by atoms with Crippen molar-refractivity contribution in [1.29, 1.82) is 0 Å². The molecule has 0 saturated carbocycles. The van der Waals surface area contributed by atoms with Gasteiger partial charge in [-0.3, -0.25) is 0 Å². The molecule has 15 heavy (non-hydrogen) atoms. The number of carboxylic acid groups (broad SMARTS) is 1. The van der Waals surface area contributed by atoms with Crippen molar-refractivity contribution in [2.24, 2.45) is 11.7 Å². The first kappa shape index (κ1) is 11.7. The molecule has 1 rings (SSSR count). The van der Waals surface area contributed by atoms with Crippen LogP contribution in [-0.4, -0.2) is 11.1 Å². The lowest BCUT2D eigenvalue weighted by atomic mass is 9.95. The lowest BCUT2D eigenvalue weighted by molar-refractivity contribution is 0.0696. The van der Waals surface area contributed by atoms with Gasteiger partial charge >= 0.3 is 5.97 Å². The Kier molecular flexibility index (Phi) is 3.42. The van der Waals surface area contributed by atoms with Gasteiger partial charge in [0.1, 0.15) is 5.82 Å². The average molecular weight is 211 g/mol. The molecule has 0 fully saturated rings. The van der Waals surface area contributed by atoms with Crippen molar-refractivity contribution in [3.05, 3.63) is 35.1 Å². The van der Waals surface area contributed by atoms with Crippen LogP contribution < -0.4 is 5.73 Å². The van der Waals surface area contributed by atoms with Crippen molar-refractivity contribution in [2.75, 3.05) is 0 Å². The molecule has 4 heteroatoms. The maximum Gasteiger partial charge on any atom is 0.335 e. The highest BCUT2D eigenvalue weighted by atomic mass is 19.1. The number of rotatable bonds is 3. The third kappa shape index (κ3) is 2.53. The minimum absolute atomic E-state index is 0.0579. The summed E-state index contributed by atoms with van der Waals surface area (Å²) in [6.07, 6.45) is 0. The molecular weight excluding hydrogens is 197 g/mol. The fourth-order valence-electron chi connectivity index (χ4n) is 1.29. The Morgan fingerprint density at radius 3 is 2.53 bits per heavy atom. The monoisotopic (exact) mass is 211 g/mol. The van der Waals surface area contributed by atoms with Crippen molar-refractivity contribution in [2.45, 2.75) is 19.9 Å². The van der Waals surface area contributed by atoms with Gasteiger partial charge in [-0.1, -0.05) is 13.8 Å². The number of carboxylic acids is 1. The normalized spacial score (nSPS) is 12.9. The summed E-state index contributed by atoms with van der Waals surface area (Å²) in [5, 5.41) is 8.76. The summed E-state index contributed by atoms with van der Waals surface area (Å²) in [4.78, 5) is 10.7. The summed E-state index contributed by atoms with van der Waals surface area (Å²) < 4.78 is 13.4. The van der Waals surface area contributed by atoms with Crippen LogP contribution in [0.1, 0.15) is 35.8 Å². The molecule has 0 amide bonds. The van der Waals surface area contributed by atoms with Gasteiger partial charge in [-0.25, -0.2) is 9.18 Å². The molecule has 0 aliphatic heterocycles. The van der Waals surface area contributed by atoms with Crippen molar-refractivity contribution in [3.8, 4) is 0 Å². The minimum atomic E-state index is -1.08. The SMILES string of the molecule is CC(C)C(N)c1cc(C(=O)O)ccc1F. The van der Waals surface area contributed by atoms with E-state index < -0.39 is 17.8 Å². The van der Waals surface area contributed by atoms with Crippen molar-refractivity contribution in [1.82, 2.24) is 0 Å². The maximum absolute atomic E-state index is 13.4. The van der Waals surface area contributed by atoms with Gasteiger partial charge in [-0.05, 0) is 24.1 Å². The standard InChI is InChI=1S/C11H14FNO2/c1-6(2)10(13)8-5-7(11(14)15)3-4-9(8)12/h3-6,10H,13H2,1-2H3,(H,14,15). The van der Waals surface area contributed by atoms with Crippen LogP contribution in [0.5, 0.6) is 0 Å². The van der Waals surface area contributed by atoms with Crippen LogP contribution in [0.2, 0.25) is 0 Å². The van der Waals surface area contributed by atoms with Crippen LogP contribution in [-0.2, 0) is 0 Å². The molecule has 3 N–H and O–H groups in total. The Bertz CT molecular complexity index is 377. The van der Waals surface area contributed by atoms with E-state index in [2.05, 4.69) is 0 Å². The summed E-state index contributed by atoms with van der Waals surface area (Å²) >= 11 is 0. The van der Waals surface area contributed by atoms with E-state index in [1.54, 1.807) is 0 Å². The van der Waals surface area contributed by atoms with E-state index in [4.69, 9.17) is 10.8 Å². The molecule has 82 valence electrons. The van der Waals surface area contributed by atoms with Crippen molar-refractivity contribution in [3.63, 3.8) is 0 Å². The predicted octanol–water partition coefficient (Wildman–Crippen LogP) is 2.18. The van der Waals surface area contributed by atoms with Crippen molar-refractivity contribution >= 4 is 5.97 Å². The minimum Gasteiger partial charge on any atom is -0.478 e. The highest BCUT2D eigenvalue weighted by molar-refractivity contribution is 5.87. The highest BCUT2D eigenvalue weighted by Crippen LogP contribution is 2.22. The van der Waals surface area contributed by atoms with Gasteiger partial charge in [-0.15, -0.1) is 0 Å². The van der Waals surface area contributed by atoms with Gasteiger partial charge in [0, 0.05) is 11.6 Å². The number of nitrogens with two attached hydrogens (primary N) is 1. The summed E-state index contributed by atoms with van der Waals surface area (Å²) in [6.45, 7) is 3.72.